The van der Waals surface area contributed by atoms with E-state index in [4.69, 9.17) is 10.00 Å². The van der Waals surface area contributed by atoms with Crippen LogP contribution in [-0.4, -0.2) is 12.6 Å². The first-order valence-electron chi connectivity index (χ1n) is 6.81. The highest BCUT2D eigenvalue weighted by Gasteiger charge is 2.20. The summed E-state index contributed by atoms with van der Waals surface area (Å²) >= 11 is 0. The van der Waals surface area contributed by atoms with Gasteiger partial charge in [0, 0.05) is 19.0 Å². The molecule has 0 atom stereocenters. The number of benzene rings is 1. The van der Waals surface area contributed by atoms with Crippen molar-refractivity contribution < 1.29 is 9.13 Å². The van der Waals surface area contributed by atoms with E-state index < -0.39 is 0 Å². The zero-order chi connectivity index (χ0) is 13.5. The molecule has 1 saturated carbocycles. The quantitative estimate of drug-likeness (QED) is 0.732. The first kappa shape index (κ1) is 13.8. The predicted molar refractivity (Wildman–Crippen MR) is 71.2 cm³/mol. The van der Waals surface area contributed by atoms with Crippen molar-refractivity contribution in [3.63, 3.8) is 0 Å². The van der Waals surface area contributed by atoms with E-state index in [0.717, 1.165) is 18.4 Å². The van der Waals surface area contributed by atoms with E-state index in [1.807, 2.05) is 6.07 Å². The zero-order valence-corrected chi connectivity index (χ0v) is 11.0. The van der Waals surface area contributed by atoms with E-state index in [2.05, 4.69) is 11.4 Å². The van der Waals surface area contributed by atoms with E-state index in [1.165, 1.54) is 18.9 Å². The smallest absolute Gasteiger partial charge is 0.165 e. The Labute approximate surface area is 113 Å². The summed E-state index contributed by atoms with van der Waals surface area (Å²) in [7, 11) is 0. The number of hydrogen-bond donors (Lipinski definition) is 1. The first-order valence-corrected chi connectivity index (χ1v) is 6.81. The molecular weight excluding hydrogens is 243 g/mol. The molecule has 0 aromatic heterocycles. The van der Waals surface area contributed by atoms with Crippen LogP contribution in [0.1, 0.15) is 37.7 Å². The Morgan fingerprint density at radius 2 is 2.21 bits per heavy atom. The Kier molecular flexibility index (Phi) is 5.17. The molecule has 4 heteroatoms. The Hall–Kier alpha value is -1.60. The van der Waals surface area contributed by atoms with Gasteiger partial charge in [-0.25, -0.2) is 4.39 Å². The average Bonchev–Trinajstić information content (AvgIpc) is 3.22. The number of unbranched alkanes of at least 4 members (excludes halogenated alkanes) is 2. The zero-order valence-electron chi connectivity index (χ0n) is 11.0. The average molecular weight is 262 g/mol. The molecule has 0 spiro atoms. The Balaban J connectivity index is 1.75. The second-order valence-electron chi connectivity index (χ2n) is 4.88. The molecule has 0 amide bonds. The summed E-state index contributed by atoms with van der Waals surface area (Å²) in [6.45, 7) is 1.17. The Morgan fingerprint density at radius 1 is 1.37 bits per heavy atom. The third kappa shape index (κ3) is 4.88. The highest BCUT2D eigenvalue weighted by atomic mass is 19.1. The van der Waals surface area contributed by atoms with Crippen LogP contribution in [0.4, 0.5) is 4.39 Å². The largest absolute Gasteiger partial charge is 0.491 e. The van der Waals surface area contributed by atoms with Gasteiger partial charge in [0.05, 0.1) is 12.7 Å². The fraction of sp³-hybridized carbons (Fsp3) is 0.533. The number of nitrogens with zero attached hydrogens (tertiary/aromatic N) is 1. The van der Waals surface area contributed by atoms with Crippen molar-refractivity contribution in [2.24, 2.45) is 0 Å². The van der Waals surface area contributed by atoms with Crippen molar-refractivity contribution in [2.45, 2.75) is 44.7 Å². The third-order valence-corrected chi connectivity index (χ3v) is 3.11. The summed E-state index contributed by atoms with van der Waals surface area (Å²) in [6.07, 6.45) is 4.55. The Bertz CT molecular complexity index is 452. The second kappa shape index (κ2) is 7.10. The summed E-state index contributed by atoms with van der Waals surface area (Å²) in [4.78, 5) is 0. The van der Waals surface area contributed by atoms with Crippen molar-refractivity contribution >= 4 is 0 Å². The van der Waals surface area contributed by atoms with Gasteiger partial charge in [0.1, 0.15) is 0 Å². The maximum absolute atomic E-state index is 13.8. The van der Waals surface area contributed by atoms with Gasteiger partial charge in [0.2, 0.25) is 0 Å². The van der Waals surface area contributed by atoms with Gasteiger partial charge in [-0.3, -0.25) is 0 Å². The number of ether oxygens (including phenoxy) is 1. The lowest BCUT2D eigenvalue weighted by molar-refractivity contribution is 0.292. The van der Waals surface area contributed by atoms with Crippen LogP contribution in [0.3, 0.4) is 0 Å². The second-order valence-corrected chi connectivity index (χ2v) is 4.88. The van der Waals surface area contributed by atoms with Gasteiger partial charge in [-0.1, -0.05) is 6.07 Å². The van der Waals surface area contributed by atoms with Crippen molar-refractivity contribution in [1.29, 1.82) is 5.26 Å². The van der Waals surface area contributed by atoms with E-state index in [1.54, 1.807) is 6.07 Å². The molecule has 0 bridgehead atoms. The molecule has 1 aromatic carbocycles. The van der Waals surface area contributed by atoms with Gasteiger partial charge in [-0.15, -0.1) is 0 Å². The third-order valence-electron chi connectivity index (χ3n) is 3.11. The molecule has 1 fully saturated rings. The molecule has 0 heterocycles. The normalized spacial score (nSPS) is 14.1. The van der Waals surface area contributed by atoms with Crippen LogP contribution in [-0.2, 0) is 6.54 Å². The molecular formula is C15H19FN2O. The minimum atomic E-state index is -0.310. The summed E-state index contributed by atoms with van der Waals surface area (Å²) < 4.78 is 19.1. The lowest BCUT2D eigenvalue weighted by Gasteiger charge is -2.09. The minimum Gasteiger partial charge on any atom is -0.491 e. The van der Waals surface area contributed by atoms with Gasteiger partial charge in [0.25, 0.3) is 0 Å². The predicted octanol–water partition coefficient (Wildman–Crippen LogP) is 3.15. The number of nitrogens with one attached hydrogen (secondary N) is 1. The van der Waals surface area contributed by atoms with Gasteiger partial charge in [-0.2, -0.15) is 5.26 Å². The highest BCUT2D eigenvalue weighted by molar-refractivity contribution is 5.29. The lowest BCUT2D eigenvalue weighted by Crippen LogP contribution is -2.15. The van der Waals surface area contributed by atoms with Crippen LogP contribution in [0.15, 0.2) is 18.2 Å². The molecule has 1 aromatic rings. The molecule has 102 valence electrons. The van der Waals surface area contributed by atoms with E-state index in [-0.39, 0.29) is 5.82 Å². The molecule has 0 saturated heterocycles. The summed E-state index contributed by atoms with van der Waals surface area (Å²) in [5, 5.41) is 11.7. The molecule has 1 N–H and O–H groups in total. The van der Waals surface area contributed by atoms with Crippen LogP contribution < -0.4 is 10.1 Å². The van der Waals surface area contributed by atoms with Crippen LogP contribution in [0.5, 0.6) is 5.75 Å². The van der Waals surface area contributed by atoms with Crippen molar-refractivity contribution in [3.05, 3.63) is 29.6 Å². The van der Waals surface area contributed by atoms with Crippen LogP contribution in [0.2, 0.25) is 0 Å². The number of hydrogen-bond acceptors (Lipinski definition) is 3. The molecule has 1 aliphatic carbocycles. The number of halogens is 1. The monoisotopic (exact) mass is 262 g/mol. The molecule has 0 radical (unpaired) electrons. The standard InChI is InChI=1S/C15H19FN2O/c16-14-10-12(11-18-13-5-6-13)4-7-15(14)19-9-3-1-2-8-17/h4,7,10,13,18H,1-3,5-6,9,11H2. The molecule has 0 unspecified atom stereocenters. The van der Waals surface area contributed by atoms with E-state index in [9.17, 15) is 4.39 Å². The number of rotatable bonds is 8. The molecule has 2 rings (SSSR count). The molecule has 0 aliphatic heterocycles. The van der Waals surface area contributed by atoms with Crippen molar-refractivity contribution in [3.8, 4) is 11.8 Å². The fourth-order valence-electron chi connectivity index (χ4n) is 1.81. The minimum absolute atomic E-state index is 0.298. The number of nitriles is 1. The van der Waals surface area contributed by atoms with Gasteiger partial charge < -0.3 is 10.1 Å². The molecule has 3 nitrogen and oxygen atoms in total. The van der Waals surface area contributed by atoms with Crippen LogP contribution in [0.25, 0.3) is 0 Å². The van der Waals surface area contributed by atoms with Crippen LogP contribution in [0, 0.1) is 17.1 Å². The maximum atomic E-state index is 13.8. The summed E-state index contributed by atoms with van der Waals surface area (Å²) in [5.74, 6) is -0.0116. The van der Waals surface area contributed by atoms with Gasteiger partial charge in [-0.05, 0) is 43.4 Å². The van der Waals surface area contributed by atoms with Crippen molar-refractivity contribution in [1.82, 2.24) is 5.32 Å². The van der Waals surface area contributed by atoms with E-state index >= 15 is 0 Å². The van der Waals surface area contributed by atoms with Crippen molar-refractivity contribution in [2.75, 3.05) is 6.61 Å². The first-order chi connectivity index (χ1) is 9.29. The SMILES string of the molecule is N#CCCCCOc1ccc(CNC2CC2)cc1F. The van der Waals surface area contributed by atoms with Gasteiger partial charge in [0.15, 0.2) is 11.6 Å². The summed E-state index contributed by atoms with van der Waals surface area (Å²) in [6, 6.07) is 7.80. The topological polar surface area (TPSA) is 45.0 Å². The summed E-state index contributed by atoms with van der Waals surface area (Å²) in [5.41, 5.74) is 0.946. The maximum Gasteiger partial charge on any atom is 0.165 e. The van der Waals surface area contributed by atoms with Gasteiger partial charge >= 0.3 is 0 Å². The lowest BCUT2D eigenvalue weighted by atomic mass is 10.2. The Morgan fingerprint density at radius 3 is 2.89 bits per heavy atom. The molecule has 1 aliphatic rings. The molecule has 19 heavy (non-hydrogen) atoms. The van der Waals surface area contributed by atoms with Crippen LogP contribution >= 0.6 is 0 Å². The fourth-order valence-corrected chi connectivity index (χ4v) is 1.81. The van der Waals surface area contributed by atoms with E-state index in [0.29, 0.717) is 31.4 Å². The highest BCUT2D eigenvalue weighted by Crippen LogP contribution is 2.21.